The van der Waals surface area contributed by atoms with E-state index < -0.39 is 0 Å². The van der Waals surface area contributed by atoms with Crippen molar-refractivity contribution in [1.82, 2.24) is 20.1 Å². The highest BCUT2D eigenvalue weighted by molar-refractivity contribution is 6.06. The monoisotopic (exact) mass is 328 g/mol. The Morgan fingerprint density at radius 2 is 2.12 bits per heavy atom. The maximum Gasteiger partial charge on any atom is 0.252 e. The topological polar surface area (TPSA) is 80.0 Å². The van der Waals surface area contributed by atoms with Crippen LogP contribution in [0.15, 0.2) is 6.07 Å². The van der Waals surface area contributed by atoms with E-state index in [2.05, 4.69) is 15.4 Å². The van der Waals surface area contributed by atoms with E-state index in [1.807, 2.05) is 27.0 Å². The SMILES string of the molecule is Cc1cc(C(=O)NC2C3CCC(C3)C2CO)c2c(C)nn(C)c2n1. The molecule has 2 aromatic rings. The Labute approximate surface area is 141 Å². The summed E-state index contributed by atoms with van der Waals surface area (Å²) < 4.78 is 1.72. The van der Waals surface area contributed by atoms with E-state index in [0.717, 1.165) is 35.3 Å². The molecule has 4 rings (SSSR count). The summed E-state index contributed by atoms with van der Waals surface area (Å²) in [6.45, 7) is 3.96. The number of hydrogen-bond donors (Lipinski definition) is 2. The highest BCUT2D eigenvalue weighted by Gasteiger charge is 2.47. The molecule has 2 bridgehead atoms. The van der Waals surface area contributed by atoms with Gasteiger partial charge in [-0.1, -0.05) is 0 Å². The summed E-state index contributed by atoms with van der Waals surface area (Å²) in [4.78, 5) is 17.5. The predicted octanol–water partition coefficient (Wildman–Crippen LogP) is 1.72. The molecule has 0 aliphatic heterocycles. The molecule has 2 aliphatic rings. The van der Waals surface area contributed by atoms with E-state index in [1.165, 1.54) is 6.42 Å². The van der Waals surface area contributed by atoms with Gasteiger partial charge in [-0.15, -0.1) is 0 Å². The second-order valence-electron chi connectivity index (χ2n) is 7.40. The molecule has 6 nitrogen and oxygen atoms in total. The largest absolute Gasteiger partial charge is 0.396 e. The summed E-state index contributed by atoms with van der Waals surface area (Å²) in [7, 11) is 1.85. The summed E-state index contributed by atoms with van der Waals surface area (Å²) in [5, 5.41) is 18.2. The van der Waals surface area contributed by atoms with Crippen LogP contribution >= 0.6 is 0 Å². The van der Waals surface area contributed by atoms with Crippen molar-refractivity contribution < 1.29 is 9.90 Å². The molecule has 24 heavy (non-hydrogen) atoms. The van der Waals surface area contributed by atoms with Crippen molar-refractivity contribution in [3.05, 3.63) is 23.0 Å². The Morgan fingerprint density at radius 1 is 1.38 bits per heavy atom. The molecule has 0 spiro atoms. The average molecular weight is 328 g/mol. The number of amides is 1. The number of aliphatic hydroxyl groups excluding tert-OH is 1. The van der Waals surface area contributed by atoms with Crippen LogP contribution in [0.2, 0.25) is 0 Å². The summed E-state index contributed by atoms with van der Waals surface area (Å²) in [5.41, 5.74) is 3.01. The summed E-state index contributed by atoms with van der Waals surface area (Å²) >= 11 is 0. The zero-order valence-electron chi connectivity index (χ0n) is 14.4. The fourth-order valence-electron chi connectivity index (χ4n) is 4.88. The number of carbonyl (C=O) groups is 1. The van der Waals surface area contributed by atoms with Gasteiger partial charge in [0.25, 0.3) is 5.91 Å². The molecule has 1 amide bonds. The zero-order valence-corrected chi connectivity index (χ0v) is 14.4. The molecule has 2 N–H and O–H groups in total. The number of aryl methyl sites for hydroxylation is 3. The molecule has 0 radical (unpaired) electrons. The highest BCUT2D eigenvalue weighted by Crippen LogP contribution is 2.48. The standard InChI is InChI=1S/C18H24N4O2/c1-9-6-13(15-10(2)21-22(3)17(15)19-9)18(24)20-16-12-5-4-11(7-12)14(16)8-23/h6,11-12,14,16,23H,4-5,7-8H2,1-3H3,(H,20,24). The van der Waals surface area contributed by atoms with Crippen LogP contribution in [-0.2, 0) is 7.05 Å². The van der Waals surface area contributed by atoms with Gasteiger partial charge in [0.2, 0.25) is 0 Å². The first-order valence-corrected chi connectivity index (χ1v) is 8.72. The van der Waals surface area contributed by atoms with Crippen molar-refractivity contribution in [2.45, 2.75) is 39.2 Å². The molecule has 2 saturated carbocycles. The number of aromatic nitrogens is 3. The summed E-state index contributed by atoms with van der Waals surface area (Å²) in [6, 6.07) is 1.93. The van der Waals surface area contributed by atoms with E-state index >= 15 is 0 Å². The second kappa shape index (κ2) is 5.55. The van der Waals surface area contributed by atoms with Gasteiger partial charge in [0, 0.05) is 31.3 Å². The van der Waals surface area contributed by atoms with Crippen molar-refractivity contribution in [1.29, 1.82) is 0 Å². The fraction of sp³-hybridized carbons (Fsp3) is 0.611. The second-order valence-corrected chi connectivity index (χ2v) is 7.40. The third kappa shape index (κ3) is 2.24. The average Bonchev–Trinajstić information content (AvgIpc) is 3.21. The normalized spacial score (nSPS) is 28.7. The predicted molar refractivity (Wildman–Crippen MR) is 90.6 cm³/mol. The van der Waals surface area contributed by atoms with Crippen LogP contribution in [-0.4, -0.2) is 38.4 Å². The summed E-state index contributed by atoms with van der Waals surface area (Å²) in [6.07, 6.45) is 3.47. The van der Waals surface area contributed by atoms with Crippen LogP contribution in [0, 0.1) is 31.6 Å². The first-order chi connectivity index (χ1) is 11.5. The number of hydrogen-bond acceptors (Lipinski definition) is 4. The lowest BCUT2D eigenvalue weighted by Gasteiger charge is -2.30. The van der Waals surface area contributed by atoms with Crippen molar-refractivity contribution in [2.75, 3.05) is 6.61 Å². The smallest absolute Gasteiger partial charge is 0.252 e. The third-order valence-electron chi connectivity index (χ3n) is 5.94. The van der Waals surface area contributed by atoms with E-state index in [9.17, 15) is 9.90 Å². The van der Waals surface area contributed by atoms with Crippen LogP contribution in [0.3, 0.4) is 0 Å². The van der Waals surface area contributed by atoms with Crippen LogP contribution in [0.1, 0.15) is 41.0 Å². The molecule has 4 unspecified atom stereocenters. The third-order valence-corrected chi connectivity index (χ3v) is 5.94. The van der Waals surface area contributed by atoms with Crippen molar-refractivity contribution in [3.8, 4) is 0 Å². The van der Waals surface area contributed by atoms with Crippen LogP contribution in [0.25, 0.3) is 11.0 Å². The Kier molecular flexibility index (Phi) is 3.60. The van der Waals surface area contributed by atoms with Gasteiger partial charge in [0.05, 0.1) is 16.6 Å². The van der Waals surface area contributed by atoms with Gasteiger partial charge < -0.3 is 10.4 Å². The Bertz CT molecular complexity index is 813. The minimum absolute atomic E-state index is 0.0717. The number of carbonyl (C=O) groups excluding carboxylic acids is 1. The van der Waals surface area contributed by atoms with Crippen LogP contribution in [0.5, 0.6) is 0 Å². The fourth-order valence-corrected chi connectivity index (χ4v) is 4.88. The molecule has 0 saturated heterocycles. The Balaban J connectivity index is 1.69. The number of nitrogens with one attached hydrogen (secondary N) is 1. The van der Waals surface area contributed by atoms with E-state index in [4.69, 9.17) is 0 Å². The number of rotatable bonds is 3. The highest BCUT2D eigenvalue weighted by atomic mass is 16.3. The number of fused-ring (bicyclic) bond motifs is 3. The Morgan fingerprint density at radius 3 is 2.88 bits per heavy atom. The van der Waals surface area contributed by atoms with E-state index in [0.29, 0.717) is 17.4 Å². The maximum atomic E-state index is 13.0. The van der Waals surface area contributed by atoms with E-state index in [1.54, 1.807) is 4.68 Å². The lowest BCUT2D eigenvalue weighted by Crippen LogP contribution is -2.45. The number of nitrogens with zero attached hydrogens (tertiary/aromatic N) is 3. The van der Waals surface area contributed by atoms with Crippen molar-refractivity contribution >= 4 is 16.9 Å². The number of pyridine rings is 1. The molecule has 2 heterocycles. The molecule has 6 heteroatoms. The Hall–Kier alpha value is -1.95. The van der Waals surface area contributed by atoms with Gasteiger partial charge in [0.1, 0.15) is 0 Å². The summed E-state index contributed by atoms with van der Waals surface area (Å²) in [5.74, 6) is 1.19. The zero-order chi connectivity index (χ0) is 17.0. The molecule has 2 aliphatic carbocycles. The molecule has 0 aromatic carbocycles. The molecule has 2 fully saturated rings. The number of aliphatic hydroxyl groups is 1. The molecule has 2 aromatic heterocycles. The first kappa shape index (κ1) is 15.6. The van der Waals surface area contributed by atoms with Crippen molar-refractivity contribution in [2.24, 2.45) is 24.8 Å². The molecular weight excluding hydrogens is 304 g/mol. The molecule has 128 valence electrons. The van der Waals surface area contributed by atoms with E-state index in [-0.39, 0.29) is 24.5 Å². The van der Waals surface area contributed by atoms with Crippen LogP contribution in [0.4, 0.5) is 0 Å². The van der Waals surface area contributed by atoms with Gasteiger partial charge in [0.15, 0.2) is 5.65 Å². The van der Waals surface area contributed by atoms with Gasteiger partial charge >= 0.3 is 0 Å². The van der Waals surface area contributed by atoms with Crippen LogP contribution < -0.4 is 5.32 Å². The lowest BCUT2D eigenvalue weighted by molar-refractivity contribution is 0.0863. The molecule has 4 atom stereocenters. The minimum atomic E-state index is -0.0717. The van der Waals surface area contributed by atoms with Gasteiger partial charge in [-0.05, 0) is 51.0 Å². The van der Waals surface area contributed by atoms with Gasteiger partial charge in [-0.3, -0.25) is 9.48 Å². The molecular formula is C18H24N4O2. The quantitative estimate of drug-likeness (QED) is 0.899. The lowest BCUT2D eigenvalue weighted by atomic mass is 9.85. The minimum Gasteiger partial charge on any atom is -0.396 e. The van der Waals surface area contributed by atoms with Gasteiger partial charge in [-0.25, -0.2) is 4.98 Å². The first-order valence-electron chi connectivity index (χ1n) is 8.72. The van der Waals surface area contributed by atoms with Crippen molar-refractivity contribution in [3.63, 3.8) is 0 Å². The maximum absolute atomic E-state index is 13.0. The van der Waals surface area contributed by atoms with Gasteiger partial charge in [-0.2, -0.15) is 5.10 Å².